The van der Waals surface area contributed by atoms with Crippen LogP contribution in [0.15, 0.2) is 0 Å². The average molecular weight is 211 g/mol. The van der Waals surface area contributed by atoms with Gasteiger partial charge in [0.05, 0.1) is 12.1 Å². The summed E-state index contributed by atoms with van der Waals surface area (Å²) in [6, 6.07) is 0.254. The highest BCUT2D eigenvalue weighted by Crippen LogP contribution is 2.38. The highest BCUT2D eigenvalue weighted by atomic mass is 16.5. The van der Waals surface area contributed by atoms with E-state index in [9.17, 15) is 4.79 Å². The fourth-order valence-electron chi connectivity index (χ4n) is 2.04. The van der Waals surface area contributed by atoms with Gasteiger partial charge in [-0.1, -0.05) is 20.8 Å². The molecule has 1 N–H and O–H groups in total. The Kier molecular flexibility index (Phi) is 2.75. The quantitative estimate of drug-likeness (QED) is 0.755. The maximum absolute atomic E-state index is 11.8. The highest BCUT2D eigenvalue weighted by Gasteiger charge is 2.41. The minimum atomic E-state index is -0.295. The van der Waals surface area contributed by atoms with Crippen molar-refractivity contribution in [3.05, 3.63) is 0 Å². The van der Waals surface area contributed by atoms with Crippen molar-refractivity contribution in [1.29, 1.82) is 0 Å². The number of carbonyl (C=O) groups is 1. The minimum Gasteiger partial charge on any atom is -0.376 e. The second-order valence-corrected chi connectivity index (χ2v) is 5.79. The standard InChI is InChI=1S/C12H21NO2/c1-12(2,3)11(14)13-9-6-7-15-10(9)8-4-5-8/h8-10H,4-7H2,1-3H3,(H,13,14). The molecule has 1 saturated carbocycles. The second kappa shape index (κ2) is 3.78. The summed E-state index contributed by atoms with van der Waals surface area (Å²) in [7, 11) is 0. The number of carbonyl (C=O) groups excluding carboxylic acids is 1. The molecule has 0 aromatic rings. The van der Waals surface area contributed by atoms with E-state index in [1.807, 2.05) is 20.8 Å². The normalized spacial score (nSPS) is 31.7. The third-order valence-electron chi connectivity index (χ3n) is 3.22. The van der Waals surface area contributed by atoms with Gasteiger partial charge in [0, 0.05) is 12.0 Å². The molecule has 0 aromatic heterocycles. The van der Waals surface area contributed by atoms with E-state index < -0.39 is 0 Å². The Morgan fingerprint density at radius 1 is 1.27 bits per heavy atom. The first kappa shape index (κ1) is 10.9. The largest absolute Gasteiger partial charge is 0.376 e. The first-order valence-corrected chi connectivity index (χ1v) is 5.91. The maximum atomic E-state index is 11.8. The highest BCUT2D eigenvalue weighted by molar-refractivity contribution is 5.81. The van der Waals surface area contributed by atoms with Crippen molar-refractivity contribution in [2.75, 3.05) is 6.61 Å². The number of amides is 1. The van der Waals surface area contributed by atoms with Crippen molar-refractivity contribution < 1.29 is 9.53 Å². The van der Waals surface area contributed by atoms with E-state index in [-0.39, 0.29) is 23.5 Å². The second-order valence-electron chi connectivity index (χ2n) is 5.79. The molecule has 2 aliphatic rings. The van der Waals surface area contributed by atoms with Crippen LogP contribution >= 0.6 is 0 Å². The van der Waals surface area contributed by atoms with Gasteiger partial charge in [0.25, 0.3) is 0 Å². The van der Waals surface area contributed by atoms with Crippen LogP contribution < -0.4 is 5.32 Å². The van der Waals surface area contributed by atoms with Crippen LogP contribution in [-0.4, -0.2) is 24.7 Å². The van der Waals surface area contributed by atoms with Gasteiger partial charge in [-0.05, 0) is 25.2 Å². The third-order valence-corrected chi connectivity index (χ3v) is 3.22. The van der Waals surface area contributed by atoms with Crippen LogP contribution in [0.1, 0.15) is 40.0 Å². The molecule has 15 heavy (non-hydrogen) atoms. The molecule has 1 amide bonds. The number of hydrogen-bond acceptors (Lipinski definition) is 2. The Bertz CT molecular complexity index is 253. The van der Waals surface area contributed by atoms with Gasteiger partial charge >= 0.3 is 0 Å². The fourth-order valence-corrected chi connectivity index (χ4v) is 2.04. The van der Waals surface area contributed by atoms with E-state index in [0.717, 1.165) is 13.0 Å². The summed E-state index contributed by atoms with van der Waals surface area (Å²) in [5, 5.41) is 3.13. The van der Waals surface area contributed by atoms with E-state index in [0.29, 0.717) is 5.92 Å². The van der Waals surface area contributed by atoms with Crippen LogP contribution in [0, 0.1) is 11.3 Å². The number of ether oxygens (including phenoxy) is 1. The van der Waals surface area contributed by atoms with Crippen LogP contribution in [0.4, 0.5) is 0 Å². The van der Waals surface area contributed by atoms with Crippen LogP contribution in [0.25, 0.3) is 0 Å². The molecule has 1 saturated heterocycles. The molecular weight excluding hydrogens is 190 g/mol. The number of rotatable bonds is 2. The van der Waals surface area contributed by atoms with Crippen molar-refractivity contribution in [2.24, 2.45) is 11.3 Å². The SMILES string of the molecule is CC(C)(C)C(=O)NC1CCOC1C1CC1. The molecule has 1 aliphatic carbocycles. The van der Waals surface area contributed by atoms with Crippen LogP contribution in [0.2, 0.25) is 0 Å². The summed E-state index contributed by atoms with van der Waals surface area (Å²) in [5.41, 5.74) is -0.295. The first-order valence-electron chi connectivity index (χ1n) is 5.91. The first-order chi connectivity index (χ1) is 6.98. The molecule has 0 spiro atoms. The lowest BCUT2D eigenvalue weighted by molar-refractivity contribution is -0.129. The van der Waals surface area contributed by atoms with Gasteiger partial charge in [-0.15, -0.1) is 0 Å². The van der Waals surface area contributed by atoms with Gasteiger partial charge < -0.3 is 10.1 Å². The minimum absolute atomic E-state index is 0.142. The van der Waals surface area contributed by atoms with Gasteiger partial charge in [-0.25, -0.2) is 0 Å². The van der Waals surface area contributed by atoms with Crippen molar-refractivity contribution in [3.63, 3.8) is 0 Å². The summed E-state index contributed by atoms with van der Waals surface area (Å²) < 4.78 is 5.69. The molecule has 1 heterocycles. The zero-order valence-corrected chi connectivity index (χ0v) is 9.88. The molecule has 1 aliphatic heterocycles. The molecule has 2 unspecified atom stereocenters. The van der Waals surface area contributed by atoms with Crippen molar-refractivity contribution in [3.8, 4) is 0 Å². The number of hydrogen-bond donors (Lipinski definition) is 1. The predicted molar refractivity (Wildman–Crippen MR) is 58.5 cm³/mol. The zero-order chi connectivity index (χ0) is 11.1. The van der Waals surface area contributed by atoms with Crippen molar-refractivity contribution in [2.45, 2.75) is 52.2 Å². The van der Waals surface area contributed by atoms with Crippen LogP contribution in [-0.2, 0) is 9.53 Å². The Labute approximate surface area is 91.6 Å². The zero-order valence-electron chi connectivity index (χ0n) is 9.88. The van der Waals surface area contributed by atoms with Gasteiger partial charge in [-0.3, -0.25) is 4.79 Å². The number of nitrogens with one attached hydrogen (secondary N) is 1. The average Bonchev–Trinajstić information content (AvgIpc) is 2.86. The maximum Gasteiger partial charge on any atom is 0.225 e. The molecule has 3 heteroatoms. The summed E-state index contributed by atoms with van der Waals surface area (Å²) in [6.07, 6.45) is 3.80. The molecule has 2 rings (SSSR count). The lowest BCUT2D eigenvalue weighted by atomic mass is 9.94. The molecule has 0 aromatic carbocycles. The van der Waals surface area contributed by atoms with E-state index >= 15 is 0 Å². The Hall–Kier alpha value is -0.570. The fraction of sp³-hybridized carbons (Fsp3) is 0.917. The van der Waals surface area contributed by atoms with E-state index in [1.165, 1.54) is 12.8 Å². The van der Waals surface area contributed by atoms with Crippen molar-refractivity contribution in [1.82, 2.24) is 5.32 Å². The van der Waals surface area contributed by atoms with E-state index in [4.69, 9.17) is 4.74 Å². The molecule has 0 bridgehead atoms. The Morgan fingerprint density at radius 3 is 2.47 bits per heavy atom. The lowest BCUT2D eigenvalue weighted by Crippen LogP contribution is -2.46. The van der Waals surface area contributed by atoms with Gasteiger partial charge in [0.2, 0.25) is 5.91 Å². The molecule has 86 valence electrons. The van der Waals surface area contributed by atoms with Gasteiger partial charge in [0.1, 0.15) is 0 Å². The molecule has 3 nitrogen and oxygen atoms in total. The molecule has 2 atom stereocenters. The molecule has 2 fully saturated rings. The lowest BCUT2D eigenvalue weighted by Gasteiger charge is -2.24. The summed E-state index contributed by atoms with van der Waals surface area (Å²) in [5.74, 6) is 0.849. The van der Waals surface area contributed by atoms with Crippen molar-refractivity contribution >= 4 is 5.91 Å². The monoisotopic (exact) mass is 211 g/mol. The van der Waals surface area contributed by atoms with Crippen LogP contribution in [0.5, 0.6) is 0 Å². The van der Waals surface area contributed by atoms with E-state index in [2.05, 4.69) is 5.32 Å². The Morgan fingerprint density at radius 2 is 1.93 bits per heavy atom. The summed E-state index contributed by atoms with van der Waals surface area (Å²) in [6.45, 7) is 6.65. The van der Waals surface area contributed by atoms with Gasteiger partial charge in [0.15, 0.2) is 0 Å². The van der Waals surface area contributed by atoms with Crippen LogP contribution in [0.3, 0.4) is 0 Å². The Balaban J connectivity index is 1.90. The summed E-state index contributed by atoms with van der Waals surface area (Å²) >= 11 is 0. The topological polar surface area (TPSA) is 38.3 Å². The molecular formula is C12H21NO2. The van der Waals surface area contributed by atoms with Gasteiger partial charge in [-0.2, -0.15) is 0 Å². The van der Waals surface area contributed by atoms with E-state index in [1.54, 1.807) is 0 Å². The third kappa shape index (κ3) is 2.51. The molecule has 0 radical (unpaired) electrons. The predicted octanol–water partition coefficient (Wildman–Crippen LogP) is 1.72. The summed E-state index contributed by atoms with van der Waals surface area (Å²) in [4.78, 5) is 11.8. The smallest absolute Gasteiger partial charge is 0.225 e.